The van der Waals surface area contributed by atoms with E-state index in [0.717, 1.165) is 54.9 Å². The SMILES string of the molecule is CCCCCCCCCCCC(CCCCCCCCCCC)N1C(=O)c2cccc3c(On4nnc5ccccc54)ccc(c23)C1=O. The molecule has 0 saturated heterocycles. The molecule has 0 bridgehead atoms. The molecule has 0 N–H and O–H groups in total. The van der Waals surface area contributed by atoms with Gasteiger partial charge in [-0.3, -0.25) is 14.5 Å². The molecule has 2 heterocycles. The van der Waals surface area contributed by atoms with Crippen LogP contribution in [0.5, 0.6) is 5.75 Å². The molecule has 3 aromatic carbocycles. The molecule has 0 saturated carbocycles. The van der Waals surface area contributed by atoms with Crippen molar-refractivity contribution in [1.29, 1.82) is 0 Å². The van der Waals surface area contributed by atoms with Crippen LogP contribution in [0.15, 0.2) is 54.6 Å². The van der Waals surface area contributed by atoms with E-state index in [0.29, 0.717) is 22.3 Å². The van der Waals surface area contributed by atoms with Gasteiger partial charge < -0.3 is 4.84 Å². The van der Waals surface area contributed by atoms with Gasteiger partial charge in [-0.25, -0.2) is 0 Å². The topological polar surface area (TPSA) is 77.3 Å². The van der Waals surface area contributed by atoms with Gasteiger partial charge in [0.25, 0.3) is 11.8 Å². The molecule has 0 spiro atoms. The van der Waals surface area contributed by atoms with E-state index < -0.39 is 0 Å². The van der Waals surface area contributed by atoms with Crippen LogP contribution in [0.4, 0.5) is 0 Å². The zero-order chi connectivity index (χ0) is 33.6. The number of benzene rings is 3. The average molecular weight is 653 g/mol. The second kappa shape index (κ2) is 18.7. The first-order chi connectivity index (χ1) is 23.6. The lowest BCUT2D eigenvalue weighted by molar-refractivity contribution is 0.0517. The molecule has 48 heavy (non-hydrogen) atoms. The first kappa shape index (κ1) is 35.6. The van der Waals surface area contributed by atoms with Crippen molar-refractivity contribution in [2.45, 2.75) is 148 Å². The quantitative estimate of drug-likeness (QED) is 0.0588. The fraction of sp³-hybridized carbons (Fsp3) is 0.561. The van der Waals surface area contributed by atoms with Gasteiger partial charge in [-0.2, -0.15) is 0 Å². The fourth-order valence-corrected chi connectivity index (χ4v) is 7.29. The highest BCUT2D eigenvalue weighted by Crippen LogP contribution is 2.37. The van der Waals surface area contributed by atoms with Crippen molar-refractivity contribution < 1.29 is 14.4 Å². The van der Waals surface area contributed by atoms with Gasteiger partial charge in [-0.1, -0.05) is 159 Å². The minimum Gasteiger partial charge on any atom is -0.355 e. The second-order valence-corrected chi connectivity index (χ2v) is 13.8. The summed E-state index contributed by atoms with van der Waals surface area (Å²) in [5, 5.41) is 9.75. The monoisotopic (exact) mass is 652 g/mol. The Morgan fingerprint density at radius 1 is 0.604 bits per heavy atom. The number of fused-ring (bicyclic) bond motifs is 1. The fourth-order valence-electron chi connectivity index (χ4n) is 7.29. The van der Waals surface area contributed by atoms with Crippen LogP contribution in [0.25, 0.3) is 21.8 Å². The third-order valence-corrected chi connectivity index (χ3v) is 10.1. The van der Waals surface area contributed by atoms with E-state index >= 15 is 0 Å². The van der Waals surface area contributed by atoms with Gasteiger partial charge in [0.2, 0.25) is 0 Å². The maximum Gasteiger partial charge on any atom is 0.261 e. The molecule has 0 fully saturated rings. The lowest BCUT2D eigenvalue weighted by Gasteiger charge is -2.34. The Morgan fingerprint density at radius 2 is 1.15 bits per heavy atom. The van der Waals surface area contributed by atoms with Crippen molar-refractivity contribution in [2.24, 2.45) is 0 Å². The maximum absolute atomic E-state index is 14.2. The summed E-state index contributed by atoms with van der Waals surface area (Å²) in [5.74, 6) is 0.165. The summed E-state index contributed by atoms with van der Waals surface area (Å²) in [6.07, 6.45) is 24.4. The lowest BCUT2D eigenvalue weighted by atomic mass is 9.90. The number of carbonyl (C=O) groups excluding carboxylic acids is 2. The summed E-state index contributed by atoms with van der Waals surface area (Å²) in [5.41, 5.74) is 2.61. The van der Waals surface area contributed by atoms with E-state index in [2.05, 4.69) is 24.2 Å². The van der Waals surface area contributed by atoms with Crippen molar-refractivity contribution in [2.75, 3.05) is 0 Å². The van der Waals surface area contributed by atoms with Crippen molar-refractivity contribution in [3.05, 3.63) is 65.7 Å². The van der Waals surface area contributed by atoms with Crippen molar-refractivity contribution >= 4 is 33.6 Å². The largest absolute Gasteiger partial charge is 0.355 e. The van der Waals surface area contributed by atoms with Crippen LogP contribution in [0.2, 0.25) is 0 Å². The van der Waals surface area contributed by atoms with Crippen molar-refractivity contribution in [1.82, 2.24) is 20.1 Å². The summed E-state index contributed by atoms with van der Waals surface area (Å²) in [7, 11) is 0. The summed E-state index contributed by atoms with van der Waals surface area (Å²) >= 11 is 0. The van der Waals surface area contributed by atoms with E-state index in [1.807, 2.05) is 54.6 Å². The van der Waals surface area contributed by atoms with E-state index in [1.54, 1.807) is 4.90 Å². The zero-order valence-electron chi connectivity index (χ0n) is 29.4. The van der Waals surface area contributed by atoms with E-state index in [9.17, 15) is 9.59 Å². The number of para-hydroxylation sites is 1. The Hall–Kier alpha value is -3.74. The van der Waals surface area contributed by atoms with Gasteiger partial charge in [-0.15, -0.1) is 5.10 Å². The molecule has 5 rings (SSSR count). The number of aromatic nitrogens is 3. The molecule has 4 aromatic rings. The smallest absolute Gasteiger partial charge is 0.261 e. The number of unbranched alkanes of at least 4 members (excludes halogenated alkanes) is 16. The molecule has 1 aromatic heterocycles. The van der Waals surface area contributed by atoms with Gasteiger partial charge >= 0.3 is 0 Å². The van der Waals surface area contributed by atoms with Gasteiger partial charge in [0.15, 0.2) is 5.75 Å². The molecule has 1 aliphatic rings. The Bertz CT molecular complexity index is 1570. The van der Waals surface area contributed by atoms with Crippen LogP contribution < -0.4 is 4.84 Å². The van der Waals surface area contributed by atoms with Crippen molar-refractivity contribution in [3.8, 4) is 5.75 Å². The molecule has 2 amide bonds. The van der Waals surface area contributed by atoms with Crippen LogP contribution in [0, 0.1) is 0 Å². The van der Waals surface area contributed by atoms with E-state index in [-0.39, 0.29) is 17.9 Å². The first-order valence-corrected chi connectivity index (χ1v) is 19.1. The van der Waals surface area contributed by atoms with Crippen LogP contribution in [-0.2, 0) is 0 Å². The highest BCUT2D eigenvalue weighted by atomic mass is 16.7. The highest BCUT2D eigenvalue weighted by molar-refractivity contribution is 6.26. The molecule has 7 nitrogen and oxygen atoms in total. The summed E-state index contributed by atoms with van der Waals surface area (Å²) in [6.45, 7) is 4.52. The number of hydrogen-bond donors (Lipinski definition) is 0. The number of carbonyl (C=O) groups is 2. The number of hydrogen-bond acceptors (Lipinski definition) is 5. The third kappa shape index (κ3) is 9.03. The van der Waals surface area contributed by atoms with E-state index in [1.165, 1.54) is 94.7 Å². The van der Waals surface area contributed by atoms with Crippen LogP contribution in [0.3, 0.4) is 0 Å². The summed E-state index contributed by atoms with van der Waals surface area (Å²) in [6, 6.07) is 16.8. The van der Waals surface area contributed by atoms with Gasteiger partial charge in [0, 0.05) is 27.9 Å². The van der Waals surface area contributed by atoms with Gasteiger partial charge in [0.05, 0.1) is 0 Å². The number of amides is 2. The van der Waals surface area contributed by atoms with Gasteiger partial charge in [0.1, 0.15) is 11.0 Å². The standard InChI is InChI=1S/C41H56N4O3/c1-3-5-7-9-11-13-15-17-19-24-32(25-20-18-16-14-12-10-8-6-4-2)44-40(46)34-27-23-26-33-38(31-30-35(39(33)34)41(44)47)48-45-37-29-22-21-28-36(37)42-43-45/h21-23,26-32H,3-20,24-25H2,1-2H3. The molecule has 0 atom stereocenters. The Morgan fingerprint density at radius 3 is 1.75 bits per heavy atom. The maximum atomic E-state index is 14.2. The van der Waals surface area contributed by atoms with Crippen LogP contribution in [-0.4, -0.2) is 37.9 Å². The Labute approximate surface area is 287 Å². The minimum absolute atomic E-state index is 0.0834. The lowest BCUT2D eigenvalue weighted by Crippen LogP contribution is -2.47. The van der Waals surface area contributed by atoms with Crippen molar-refractivity contribution in [3.63, 3.8) is 0 Å². The summed E-state index contributed by atoms with van der Waals surface area (Å²) in [4.78, 5) is 37.6. The second-order valence-electron chi connectivity index (χ2n) is 13.8. The highest BCUT2D eigenvalue weighted by Gasteiger charge is 2.37. The van der Waals surface area contributed by atoms with Gasteiger partial charge in [-0.05, 0) is 48.4 Å². The normalized spacial score (nSPS) is 13.0. The number of nitrogens with zero attached hydrogens (tertiary/aromatic N) is 4. The Kier molecular flexibility index (Phi) is 13.9. The first-order valence-electron chi connectivity index (χ1n) is 19.1. The number of rotatable bonds is 23. The molecular formula is C41H56N4O3. The zero-order valence-corrected chi connectivity index (χ0v) is 29.4. The van der Waals surface area contributed by atoms with E-state index in [4.69, 9.17) is 4.84 Å². The molecule has 0 radical (unpaired) electrons. The summed E-state index contributed by atoms with van der Waals surface area (Å²) < 4.78 is 0. The third-order valence-electron chi connectivity index (χ3n) is 10.1. The predicted octanol–water partition coefficient (Wildman–Crippen LogP) is 11.2. The molecule has 0 unspecified atom stereocenters. The molecule has 0 aliphatic carbocycles. The molecule has 1 aliphatic heterocycles. The van der Waals surface area contributed by atoms with Crippen LogP contribution in [0.1, 0.15) is 163 Å². The molecule has 7 heteroatoms. The average Bonchev–Trinajstić information content (AvgIpc) is 3.51. The number of imide groups is 1. The molecular weight excluding hydrogens is 596 g/mol. The van der Waals surface area contributed by atoms with Crippen LogP contribution >= 0.6 is 0 Å². The minimum atomic E-state index is -0.182. The molecule has 258 valence electrons. The Balaban J connectivity index is 1.27. The predicted molar refractivity (Wildman–Crippen MR) is 195 cm³/mol.